The van der Waals surface area contributed by atoms with E-state index < -0.39 is 0 Å². The SMILES string of the molecule is Cl.NCC(C(=O)N1CCC(c2ccccc2)CC1)c1ccccc1. The first-order chi connectivity index (χ1) is 11.3. The summed E-state index contributed by atoms with van der Waals surface area (Å²) < 4.78 is 0. The molecule has 2 aromatic rings. The van der Waals surface area contributed by atoms with Gasteiger partial charge in [-0.05, 0) is 29.9 Å². The van der Waals surface area contributed by atoms with Crippen molar-refractivity contribution >= 4 is 18.3 Å². The molecule has 2 N–H and O–H groups in total. The molecule has 1 atom stereocenters. The molecule has 1 unspecified atom stereocenters. The molecular weight excluding hydrogens is 320 g/mol. The normalized spacial score (nSPS) is 16.3. The Morgan fingerprint density at radius 1 is 1.00 bits per heavy atom. The Kier molecular flexibility index (Phi) is 6.83. The number of amides is 1. The molecule has 3 nitrogen and oxygen atoms in total. The third kappa shape index (κ3) is 4.16. The second kappa shape index (κ2) is 8.86. The van der Waals surface area contributed by atoms with Gasteiger partial charge in [-0.3, -0.25) is 4.79 Å². The van der Waals surface area contributed by atoms with Gasteiger partial charge in [0.15, 0.2) is 0 Å². The van der Waals surface area contributed by atoms with Crippen LogP contribution < -0.4 is 5.73 Å². The fraction of sp³-hybridized carbons (Fsp3) is 0.350. The number of benzene rings is 2. The largest absolute Gasteiger partial charge is 0.342 e. The van der Waals surface area contributed by atoms with E-state index in [1.54, 1.807) is 0 Å². The zero-order chi connectivity index (χ0) is 16.1. The van der Waals surface area contributed by atoms with Crippen molar-refractivity contribution in [3.8, 4) is 0 Å². The van der Waals surface area contributed by atoms with Crippen molar-refractivity contribution in [2.75, 3.05) is 19.6 Å². The topological polar surface area (TPSA) is 46.3 Å². The van der Waals surface area contributed by atoms with Crippen LogP contribution in [0.15, 0.2) is 60.7 Å². The molecule has 1 amide bonds. The van der Waals surface area contributed by atoms with Gasteiger partial charge in [-0.15, -0.1) is 12.4 Å². The molecule has 1 saturated heterocycles. The van der Waals surface area contributed by atoms with Crippen molar-refractivity contribution in [2.45, 2.75) is 24.7 Å². The van der Waals surface area contributed by atoms with Crippen LogP contribution in [0, 0.1) is 0 Å². The smallest absolute Gasteiger partial charge is 0.231 e. The first-order valence-corrected chi connectivity index (χ1v) is 8.38. The van der Waals surface area contributed by atoms with Crippen molar-refractivity contribution in [2.24, 2.45) is 5.73 Å². The van der Waals surface area contributed by atoms with E-state index in [9.17, 15) is 4.79 Å². The third-order valence-corrected chi connectivity index (χ3v) is 4.81. The van der Waals surface area contributed by atoms with Crippen LogP contribution in [0.25, 0.3) is 0 Å². The molecule has 0 spiro atoms. The molecule has 1 aliphatic rings. The van der Waals surface area contributed by atoms with Crippen LogP contribution >= 0.6 is 12.4 Å². The van der Waals surface area contributed by atoms with Crippen LogP contribution in [0.5, 0.6) is 0 Å². The fourth-order valence-electron chi connectivity index (χ4n) is 3.44. The molecule has 4 heteroatoms. The Balaban J connectivity index is 0.00000208. The van der Waals surface area contributed by atoms with Crippen LogP contribution in [-0.2, 0) is 4.79 Å². The van der Waals surface area contributed by atoms with Crippen LogP contribution in [-0.4, -0.2) is 30.4 Å². The number of halogens is 1. The maximum atomic E-state index is 12.8. The summed E-state index contributed by atoms with van der Waals surface area (Å²) in [4.78, 5) is 14.8. The van der Waals surface area contributed by atoms with E-state index in [1.807, 2.05) is 41.3 Å². The zero-order valence-electron chi connectivity index (χ0n) is 13.8. The monoisotopic (exact) mass is 344 g/mol. The summed E-state index contributed by atoms with van der Waals surface area (Å²) in [5.41, 5.74) is 8.29. The lowest BCUT2D eigenvalue weighted by molar-refractivity contribution is -0.133. The number of carbonyl (C=O) groups is 1. The lowest BCUT2D eigenvalue weighted by Crippen LogP contribution is -2.42. The van der Waals surface area contributed by atoms with Gasteiger partial charge >= 0.3 is 0 Å². The minimum absolute atomic E-state index is 0. The number of carbonyl (C=O) groups excluding carboxylic acids is 1. The van der Waals surface area contributed by atoms with Gasteiger partial charge in [0, 0.05) is 19.6 Å². The Bertz CT molecular complexity index is 625. The first kappa shape index (κ1) is 18.5. The highest BCUT2D eigenvalue weighted by Crippen LogP contribution is 2.29. The molecule has 0 aliphatic carbocycles. The number of nitrogens with zero attached hydrogens (tertiary/aromatic N) is 1. The summed E-state index contributed by atoms with van der Waals surface area (Å²) in [6.07, 6.45) is 2.06. The van der Waals surface area contributed by atoms with E-state index in [-0.39, 0.29) is 24.2 Å². The Labute approximate surface area is 150 Å². The van der Waals surface area contributed by atoms with E-state index in [4.69, 9.17) is 5.73 Å². The average molecular weight is 345 g/mol. The van der Waals surface area contributed by atoms with Crippen LogP contribution in [0.4, 0.5) is 0 Å². The highest BCUT2D eigenvalue weighted by Gasteiger charge is 2.28. The van der Waals surface area contributed by atoms with Gasteiger partial charge < -0.3 is 10.6 Å². The summed E-state index contributed by atoms with van der Waals surface area (Å²) in [6, 6.07) is 20.5. The van der Waals surface area contributed by atoms with Crippen molar-refractivity contribution in [3.63, 3.8) is 0 Å². The molecular formula is C20H25ClN2O. The van der Waals surface area contributed by atoms with Gasteiger partial charge in [0.2, 0.25) is 5.91 Å². The zero-order valence-corrected chi connectivity index (χ0v) is 14.6. The Morgan fingerprint density at radius 3 is 2.08 bits per heavy atom. The van der Waals surface area contributed by atoms with Gasteiger partial charge in [-0.1, -0.05) is 60.7 Å². The van der Waals surface area contributed by atoms with Crippen molar-refractivity contribution in [1.82, 2.24) is 4.90 Å². The average Bonchev–Trinajstić information content (AvgIpc) is 2.64. The summed E-state index contributed by atoms with van der Waals surface area (Å²) in [7, 11) is 0. The van der Waals surface area contributed by atoms with E-state index in [0.717, 1.165) is 31.5 Å². The molecule has 0 radical (unpaired) electrons. The molecule has 0 saturated carbocycles. The first-order valence-electron chi connectivity index (χ1n) is 8.38. The second-order valence-electron chi connectivity index (χ2n) is 6.21. The van der Waals surface area contributed by atoms with Gasteiger partial charge in [-0.2, -0.15) is 0 Å². The summed E-state index contributed by atoms with van der Waals surface area (Å²) in [6.45, 7) is 2.00. The Hall–Kier alpha value is -1.84. The molecule has 0 aromatic heterocycles. The number of likely N-dealkylation sites (tertiary alicyclic amines) is 1. The number of piperidine rings is 1. The highest BCUT2D eigenvalue weighted by atomic mass is 35.5. The van der Waals surface area contributed by atoms with Crippen LogP contribution in [0.3, 0.4) is 0 Å². The molecule has 1 heterocycles. The lowest BCUT2D eigenvalue weighted by Gasteiger charge is -2.34. The quantitative estimate of drug-likeness (QED) is 0.921. The standard InChI is InChI=1S/C20H24N2O.ClH/c21-15-19(18-9-5-2-6-10-18)20(23)22-13-11-17(12-14-22)16-7-3-1-4-8-16;/h1-10,17,19H,11-15,21H2;1H. The summed E-state index contributed by atoms with van der Waals surface area (Å²) in [5.74, 6) is 0.517. The predicted molar refractivity (Wildman–Crippen MR) is 100 cm³/mol. The lowest BCUT2D eigenvalue weighted by atomic mass is 9.88. The van der Waals surface area contributed by atoms with E-state index in [1.165, 1.54) is 5.56 Å². The maximum Gasteiger partial charge on any atom is 0.231 e. The molecule has 24 heavy (non-hydrogen) atoms. The molecule has 1 aliphatic heterocycles. The molecule has 1 fully saturated rings. The van der Waals surface area contributed by atoms with Gasteiger partial charge in [-0.25, -0.2) is 0 Å². The number of rotatable bonds is 4. The van der Waals surface area contributed by atoms with Gasteiger partial charge in [0.1, 0.15) is 0 Å². The van der Waals surface area contributed by atoms with Crippen molar-refractivity contribution in [3.05, 3.63) is 71.8 Å². The minimum Gasteiger partial charge on any atom is -0.342 e. The van der Waals surface area contributed by atoms with Crippen LogP contribution in [0.1, 0.15) is 35.8 Å². The van der Waals surface area contributed by atoms with Gasteiger partial charge in [0.05, 0.1) is 5.92 Å². The molecule has 128 valence electrons. The van der Waals surface area contributed by atoms with Gasteiger partial charge in [0.25, 0.3) is 0 Å². The predicted octanol–water partition coefficient (Wildman–Crippen LogP) is 3.56. The number of hydrogen-bond acceptors (Lipinski definition) is 2. The number of hydrogen-bond donors (Lipinski definition) is 1. The van der Waals surface area contributed by atoms with E-state index >= 15 is 0 Å². The second-order valence-corrected chi connectivity index (χ2v) is 6.21. The van der Waals surface area contributed by atoms with Crippen molar-refractivity contribution < 1.29 is 4.79 Å². The van der Waals surface area contributed by atoms with E-state index in [0.29, 0.717) is 12.5 Å². The molecule has 3 rings (SSSR count). The summed E-state index contributed by atoms with van der Waals surface area (Å²) >= 11 is 0. The Morgan fingerprint density at radius 2 is 1.54 bits per heavy atom. The minimum atomic E-state index is -0.218. The molecule has 0 bridgehead atoms. The number of nitrogens with two attached hydrogens (primary N) is 1. The fourth-order valence-corrected chi connectivity index (χ4v) is 3.44. The maximum absolute atomic E-state index is 12.8. The third-order valence-electron chi connectivity index (χ3n) is 4.81. The summed E-state index contributed by atoms with van der Waals surface area (Å²) in [5, 5.41) is 0. The highest BCUT2D eigenvalue weighted by molar-refractivity contribution is 5.85. The molecule has 2 aromatic carbocycles. The van der Waals surface area contributed by atoms with Crippen molar-refractivity contribution in [1.29, 1.82) is 0 Å². The van der Waals surface area contributed by atoms with Crippen LogP contribution in [0.2, 0.25) is 0 Å². The van der Waals surface area contributed by atoms with E-state index in [2.05, 4.69) is 24.3 Å².